The fraction of sp³-hybridized carbons (Fsp3) is 0.364. The summed E-state index contributed by atoms with van der Waals surface area (Å²) in [4.78, 5) is 3.98. The number of rotatable bonds is 5. The van der Waals surface area contributed by atoms with E-state index in [0.29, 0.717) is 17.1 Å². The van der Waals surface area contributed by atoms with Crippen molar-refractivity contribution in [2.75, 3.05) is 6.54 Å². The van der Waals surface area contributed by atoms with Gasteiger partial charge in [0.1, 0.15) is 5.75 Å². The first-order valence-corrected chi connectivity index (χ1v) is 6.16. The summed E-state index contributed by atoms with van der Waals surface area (Å²) in [5.74, 6) is 0.0516. The molecule has 1 rings (SSSR count). The molecule has 0 spiro atoms. The highest BCUT2D eigenvalue weighted by Gasteiger charge is 2.15. The van der Waals surface area contributed by atoms with Crippen LogP contribution in [-0.2, 0) is 6.54 Å². The zero-order valence-electron chi connectivity index (χ0n) is 10.5. The van der Waals surface area contributed by atoms with Gasteiger partial charge in [-0.2, -0.15) is 8.78 Å². The fourth-order valence-electron chi connectivity index (χ4n) is 1.36. The van der Waals surface area contributed by atoms with Crippen LogP contribution in [0.3, 0.4) is 0 Å². The Kier molecular flexibility index (Phi) is 9.15. The summed E-state index contributed by atoms with van der Waals surface area (Å²) in [6, 6.07) is 2.77. The second-order valence-corrected chi connectivity index (χ2v) is 4.33. The smallest absolute Gasteiger partial charge is 0.387 e. The highest BCUT2D eigenvalue weighted by Crippen LogP contribution is 2.34. The molecule has 0 heterocycles. The summed E-state index contributed by atoms with van der Waals surface area (Å²) in [5, 5.41) is 3.08. The first-order valence-electron chi connectivity index (χ1n) is 5.40. The third kappa shape index (κ3) is 6.27. The SMILES string of the molecule is CCNC(N)=NCc1cc(Cl)cc(Cl)c1OC(F)F.I. The van der Waals surface area contributed by atoms with Gasteiger partial charge in [-0.25, -0.2) is 4.99 Å². The van der Waals surface area contributed by atoms with Crippen LogP contribution in [0.4, 0.5) is 8.78 Å². The minimum atomic E-state index is -2.98. The van der Waals surface area contributed by atoms with Crippen molar-refractivity contribution in [1.29, 1.82) is 0 Å². The molecule has 0 saturated heterocycles. The van der Waals surface area contributed by atoms with Gasteiger partial charge in [-0.1, -0.05) is 23.2 Å². The van der Waals surface area contributed by atoms with E-state index >= 15 is 0 Å². The molecular weight excluding hydrogens is 426 g/mol. The molecule has 1 aromatic rings. The van der Waals surface area contributed by atoms with Gasteiger partial charge in [-0.15, -0.1) is 24.0 Å². The van der Waals surface area contributed by atoms with Crippen LogP contribution in [0.2, 0.25) is 10.0 Å². The summed E-state index contributed by atoms with van der Waals surface area (Å²) in [5.41, 5.74) is 5.88. The standard InChI is InChI=1S/C11H13Cl2F2N3O.HI/c1-2-17-11(16)18-5-6-3-7(12)4-8(13)9(6)19-10(14)15;/h3-4,10H,2,5H2,1H3,(H3,16,17,18);1H. The lowest BCUT2D eigenvalue weighted by Gasteiger charge is -2.12. The average Bonchev–Trinajstić information content (AvgIpc) is 2.30. The number of halogens is 5. The van der Waals surface area contributed by atoms with E-state index in [0.717, 1.165) is 0 Å². The molecular formula is C11H14Cl2F2IN3O. The van der Waals surface area contributed by atoms with Crippen LogP contribution < -0.4 is 15.8 Å². The van der Waals surface area contributed by atoms with Crippen LogP contribution in [0.15, 0.2) is 17.1 Å². The molecule has 9 heteroatoms. The van der Waals surface area contributed by atoms with Crippen molar-refractivity contribution in [3.8, 4) is 5.75 Å². The van der Waals surface area contributed by atoms with E-state index in [4.69, 9.17) is 28.9 Å². The Morgan fingerprint density at radius 1 is 1.45 bits per heavy atom. The van der Waals surface area contributed by atoms with Crippen molar-refractivity contribution < 1.29 is 13.5 Å². The lowest BCUT2D eigenvalue weighted by atomic mass is 10.2. The predicted molar refractivity (Wildman–Crippen MR) is 87.5 cm³/mol. The zero-order chi connectivity index (χ0) is 14.4. The summed E-state index contributed by atoms with van der Waals surface area (Å²) >= 11 is 11.6. The summed E-state index contributed by atoms with van der Waals surface area (Å²) in [6.07, 6.45) is 0. The van der Waals surface area contributed by atoms with Gasteiger partial charge in [-0.05, 0) is 19.1 Å². The number of ether oxygens (including phenoxy) is 1. The molecule has 0 aromatic heterocycles. The van der Waals surface area contributed by atoms with Crippen LogP contribution in [0.5, 0.6) is 5.75 Å². The molecule has 0 amide bonds. The molecule has 0 fully saturated rings. The minimum absolute atomic E-state index is 0. The van der Waals surface area contributed by atoms with Crippen LogP contribution in [-0.4, -0.2) is 19.1 Å². The first-order chi connectivity index (χ1) is 8.93. The Balaban J connectivity index is 0.00000361. The molecule has 0 aliphatic rings. The van der Waals surface area contributed by atoms with Crippen molar-refractivity contribution in [1.82, 2.24) is 5.32 Å². The molecule has 4 nitrogen and oxygen atoms in total. The maximum absolute atomic E-state index is 12.3. The molecule has 20 heavy (non-hydrogen) atoms. The Morgan fingerprint density at radius 2 is 2.10 bits per heavy atom. The van der Waals surface area contributed by atoms with Gasteiger partial charge in [0.25, 0.3) is 0 Å². The van der Waals surface area contributed by atoms with Gasteiger partial charge in [0.05, 0.1) is 11.6 Å². The fourth-order valence-corrected chi connectivity index (χ4v) is 1.94. The summed E-state index contributed by atoms with van der Waals surface area (Å²) < 4.78 is 29.0. The molecule has 0 aliphatic carbocycles. The van der Waals surface area contributed by atoms with Gasteiger partial charge < -0.3 is 15.8 Å². The number of guanidine groups is 1. The molecule has 0 unspecified atom stereocenters. The van der Waals surface area contributed by atoms with Crippen molar-refractivity contribution in [3.05, 3.63) is 27.7 Å². The first kappa shape index (κ1) is 19.5. The second-order valence-electron chi connectivity index (χ2n) is 3.49. The number of hydrogen-bond donors (Lipinski definition) is 2. The van der Waals surface area contributed by atoms with E-state index in [-0.39, 0.29) is 47.3 Å². The summed E-state index contributed by atoms with van der Waals surface area (Å²) in [6.45, 7) is -0.496. The molecule has 1 aromatic carbocycles. The number of aliphatic imine (C=N–C) groups is 1. The van der Waals surface area contributed by atoms with Gasteiger partial charge in [0.15, 0.2) is 5.96 Å². The van der Waals surface area contributed by atoms with Crippen molar-refractivity contribution in [2.45, 2.75) is 20.1 Å². The Hall–Kier alpha value is -0.540. The lowest BCUT2D eigenvalue weighted by Crippen LogP contribution is -2.31. The largest absolute Gasteiger partial charge is 0.433 e. The summed E-state index contributed by atoms with van der Waals surface area (Å²) in [7, 11) is 0. The molecule has 0 radical (unpaired) electrons. The van der Waals surface area contributed by atoms with Crippen molar-refractivity contribution in [2.24, 2.45) is 10.7 Å². The Labute approximate surface area is 142 Å². The number of nitrogens with zero attached hydrogens (tertiary/aromatic N) is 1. The maximum Gasteiger partial charge on any atom is 0.387 e. The monoisotopic (exact) mass is 439 g/mol. The second kappa shape index (κ2) is 9.41. The topological polar surface area (TPSA) is 59.6 Å². The molecule has 0 saturated carbocycles. The normalized spacial score (nSPS) is 11.2. The molecule has 0 atom stereocenters. The van der Waals surface area contributed by atoms with E-state index in [1.54, 1.807) is 0 Å². The Bertz CT molecular complexity index is 475. The zero-order valence-corrected chi connectivity index (χ0v) is 14.3. The number of nitrogens with two attached hydrogens (primary N) is 1. The van der Waals surface area contributed by atoms with Gasteiger partial charge >= 0.3 is 6.61 Å². The van der Waals surface area contributed by atoms with Crippen molar-refractivity contribution in [3.63, 3.8) is 0 Å². The molecule has 0 aliphatic heterocycles. The Morgan fingerprint density at radius 3 is 2.65 bits per heavy atom. The van der Waals surface area contributed by atoms with E-state index < -0.39 is 6.61 Å². The van der Waals surface area contributed by atoms with Crippen LogP contribution in [0.1, 0.15) is 12.5 Å². The minimum Gasteiger partial charge on any atom is -0.433 e. The maximum atomic E-state index is 12.3. The van der Waals surface area contributed by atoms with Crippen LogP contribution in [0, 0.1) is 0 Å². The molecule has 3 N–H and O–H groups in total. The highest BCUT2D eigenvalue weighted by atomic mass is 127. The van der Waals surface area contributed by atoms with Gasteiger partial charge in [0, 0.05) is 17.1 Å². The van der Waals surface area contributed by atoms with E-state index in [9.17, 15) is 8.78 Å². The number of alkyl halides is 2. The number of hydrogen-bond acceptors (Lipinski definition) is 2. The third-order valence-corrected chi connectivity index (χ3v) is 2.57. The van der Waals surface area contributed by atoms with E-state index in [1.165, 1.54) is 12.1 Å². The van der Waals surface area contributed by atoms with Crippen LogP contribution >= 0.6 is 47.2 Å². The predicted octanol–water partition coefficient (Wildman–Crippen LogP) is 3.64. The quantitative estimate of drug-likeness (QED) is 0.418. The van der Waals surface area contributed by atoms with Crippen LogP contribution in [0.25, 0.3) is 0 Å². The van der Waals surface area contributed by atoms with E-state index in [2.05, 4.69) is 15.0 Å². The number of benzene rings is 1. The van der Waals surface area contributed by atoms with E-state index in [1.807, 2.05) is 6.92 Å². The van der Waals surface area contributed by atoms with Gasteiger partial charge in [0.2, 0.25) is 0 Å². The molecule has 0 bridgehead atoms. The molecule has 114 valence electrons. The highest BCUT2D eigenvalue weighted by molar-refractivity contribution is 14.0. The lowest BCUT2D eigenvalue weighted by molar-refractivity contribution is -0.0503. The number of nitrogens with one attached hydrogen (secondary N) is 1. The van der Waals surface area contributed by atoms with Gasteiger partial charge in [-0.3, -0.25) is 0 Å². The third-order valence-electron chi connectivity index (χ3n) is 2.07. The van der Waals surface area contributed by atoms with Crippen molar-refractivity contribution >= 4 is 53.1 Å². The average molecular weight is 440 g/mol.